The third kappa shape index (κ3) is 5.75. The SMILES string of the molecule is CNC(CCC(C)OC)c1cccc(CC(C)C)c1. The summed E-state index contributed by atoms with van der Waals surface area (Å²) in [6.07, 6.45) is 3.67. The Morgan fingerprint density at radius 1 is 1.16 bits per heavy atom. The van der Waals surface area contributed by atoms with Gasteiger partial charge in [-0.15, -0.1) is 0 Å². The highest BCUT2D eigenvalue weighted by molar-refractivity contribution is 5.26. The van der Waals surface area contributed by atoms with E-state index >= 15 is 0 Å². The molecule has 0 bridgehead atoms. The Balaban J connectivity index is 2.69. The van der Waals surface area contributed by atoms with E-state index in [1.807, 2.05) is 7.05 Å². The van der Waals surface area contributed by atoms with E-state index in [2.05, 4.69) is 50.4 Å². The quantitative estimate of drug-likeness (QED) is 0.766. The van der Waals surface area contributed by atoms with Crippen molar-refractivity contribution in [3.05, 3.63) is 35.4 Å². The lowest BCUT2D eigenvalue weighted by Gasteiger charge is -2.19. The van der Waals surface area contributed by atoms with Gasteiger partial charge in [-0.25, -0.2) is 0 Å². The lowest BCUT2D eigenvalue weighted by molar-refractivity contribution is 0.106. The molecule has 0 fully saturated rings. The van der Waals surface area contributed by atoms with Crippen LogP contribution in [0.4, 0.5) is 0 Å². The van der Waals surface area contributed by atoms with Crippen LogP contribution in [0.2, 0.25) is 0 Å². The molecular formula is C17H29NO. The largest absolute Gasteiger partial charge is 0.382 e. The lowest BCUT2D eigenvalue weighted by atomic mass is 9.95. The number of nitrogens with one attached hydrogen (secondary N) is 1. The molecule has 1 aromatic rings. The Bertz CT molecular complexity index is 362. The Morgan fingerprint density at radius 2 is 1.89 bits per heavy atom. The summed E-state index contributed by atoms with van der Waals surface area (Å²) < 4.78 is 5.33. The second-order valence-corrected chi connectivity index (χ2v) is 5.81. The summed E-state index contributed by atoms with van der Waals surface area (Å²) in [5.41, 5.74) is 2.83. The number of hydrogen-bond donors (Lipinski definition) is 1. The molecule has 108 valence electrons. The van der Waals surface area contributed by atoms with Crippen molar-refractivity contribution in [2.75, 3.05) is 14.2 Å². The lowest BCUT2D eigenvalue weighted by Crippen LogP contribution is -2.19. The van der Waals surface area contributed by atoms with Gasteiger partial charge in [0.05, 0.1) is 6.10 Å². The predicted octanol–water partition coefficient (Wildman–Crippen LogP) is 3.96. The molecule has 1 aromatic carbocycles. The fourth-order valence-electron chi connectivity index (χ4n) is 2.41. The molecule has 0 radical (unpaired) electrons. The predicted molar refractivity (Wildman–Crippen MR) is 82.5 cm³/mol. The third-order valence-electron chi connectivity index (χ3n) is 3.61. The van der Waals surface area contributed by atoms with Crippen LogP contribution < -0.4 is 5.32 Å². The maximum absolute atomic E-state index is 5.33. The average molecular weight is 263 g/mol. The first kappa shape index (κ1) is 16.2. The van der Waals surface area contributed by atoms with Gasteiger partial charge in [0.25, 0.3) is 0 Å². The minimum Gasteiger partial charge on any atom is -0.382 e. The van der Waals surface area contributed by atoms with E-state index in [4.69, 9.17) is 4.74 Å². The molecule has 2 heteroatoms. The first-order valence-corrected chi connectivity index (χ1v) is 7.35. The van der Waals surface area contributed by atoms with Crippen molar-refractivity contribution < 1.29 is 4.74 Å². The molecule has 19 heavy (non-hydrogen) atoms. The zero-order chi connectivity index (χ0) is 14.3. The summed E-state index contributed by atoms with van der Waals surface area (Å²) in [7, 11) is 3.82. The number of hydrogen-bond acceptors (Lipinski definition) is 2. The first-order valence-electron chi connectivity index (χ1n) is 7.35. The summed E-state index contributed by atoms with van der Waals surface area (Å²) in [6.45, 7) is 6.66. The van der Waals surface area contributed by atoms with Crippen molar-refractivity contribution in [1.82, 2.24) is 5.32 Å². The summed E-state index contributed by atoms with van der Waals surface area (Å²) in [5.74, 6) is 0.705. The van der Waals surface area contributed by atoms with Gasteiger partial charge in [0.15, 0.2) is 0 Å². The Hall–Kier alpha value is -0.860. The van der Waals surface area contributed by atoms with Crippen LogP contribution in [0.3, 0.4) is 0 Å². The van der Waals surface area contributed by atoms with Crippen LogP contribution in [0.1, 0.15) is 50.8 Å². The second-order valence-electron chi connectivity index (χ2n) is 5.81. The Kier molecular flexibility index (Phi) is 7.11. The van der Waals surface area contributed by atoms with Gasteiger partial charge in [0, 0.05) is 13.2 Å². The van der Waals surface area contributed by atoms with Crippen LogP contribution in [0.5, 0.6) is 0 Å². The van der Waals surface area contributed by atoms with E-state index in [1.165, 1.54) is 11.1 Å². The maximum Gasteiger partial charge on any atom is 0.0543 e. The van der Waals surface area contributed by atoms with Gasteiger partial charge in [-0.2, -0.15) is 0 Å². The van der Waals surface area contributed by atoms with Crippen LogP contribution >= 0.6 is 0 Å². The summed E-state index contributed by atoms with van der Waals surface area (Å²) in [6, 6.07) is 9.40. The van der Waals surface area contributed by atoms with Crippen molar-refractivity contribution in [3.8, 4) is 0 Å². The van der Waals surface area contributed by atoms with Crippen LogP contribution in [-0.2, 0) is 11.2 Å². The van der Waals surface area contributed by atoms with Gasteiger partial charge in [-0.1, -0.05) is 38.1 Å². The van der Waals surface area contributed by atoms with Gasteiger partial charge < -0.3 is 10.1 Å². The monoisotopic (exact) mass is 263 g/mol. The molecule has 2 atom stereocenters. The van der Waals surface area contributed by atoms with Crippen molar-refractivity contribution in [2.45, 2.75) is 52.2 Å². The van der Waals surface area contributed by atoms with Gasteiger partial charge in [-0.05, 0) is 50.3 Å². The summed E-state index contributed by atoms with van der Waals surface area (Å²) in [5, 5.41) is 3.42. The Labute approximate surface area is 118 Å². The molecular weight excluding hydrogens is 234 g/mol. The van der Waals surface area contributed by atoms with Crippen molar-refractivity contribution >= 4 is 0 Å². The van der Waals surface area contributed by atoms with Crippen molar-refractivity contribution in [2.24, 2.45) is 5.92 Å². The normalized spacial score (nSPS) is 14.6. The average Bonchev–Trinajstić information content (AvgIpc) is 2.38. The fraction of sp³-hybridized carbons (Fsp3) is 0.647. The van der Waals surface area contributed by atoms with Gasteiger partial charge in [0.1, 0.15) is 0 Å². The van der Waals surface area contributed by atoms with Crippen molar-refractivity contribution in [3.63, 3.8) is 0 Å². The second kappa shape index (κ2) is 8.34. The van der Waals surface area contributed by atoms with Crippen LogP contribution in [-0.4, -0.2) is 20.3 Å². The maximum atomic E-state index is 5.33. The van der Waals surface area contributed by atoms with Gasteiger partial charge in [-0.3, -0.25) is 0 Å². The van der Waals surface area contributed by atoms with Crippen LogP contribution in [0, 0.1) is 5.92 Å². The van der Waals surface area contributed by atoms with E-state index in [1.54, 1.807) is 7.11 Å². The third-order valence-corrected chi connectivity index (χ3v) is 3.61. The smallest absolute Gasteiger partial charge is 0.0543 e. The molecule has 1 N–H and O–H groups in total. The zero-order valence-corrected chi connectivity index (χ0v) is 13.1. The number of rotatable bonds is 8. The number of ether oxygens (including phenoxy) is 1. The number of methoxy groups -OCH3 is 1. The molecule has 2 unspecified atom stereocenters. The molecule has 0 aliphatic carbocycles. The van der Waals surface area contributed by atoms with Gasteiger partial charge in [0.2, 0.25) is 0 Å². The molecule has 0 amide bonds. The van der Waals surface area contributed by atoms with Crippen LogP contribution in [0.25, 0.3) is 0 Å². The molecule has 0 saturated heterocycles. The summed E-state index contributed by atoms with van der Waals surface area (Å²) >= 11 is 0. The molecule has 1 rings (SSSR count). The molecule has 0 aliphatic heterocycles. The van der Waals surface area contributed by atoms with E-state index in [0.717, 1.165) is 19.3 Å². The minimum atomic E-state index is 0.328. The topological polar surface area (TPSA) is 21.3 Å². The van der Waals surface area contributed by atoms with E-state index in [9.17, 15) is 0 Å². The highest BCUT2D eigenvalue weighted by Gasteiger charge is 2.11. The van der Waals surface area contributed by atoms with E-state index in [-0.39, 0.29) is 0 Å². The molecule has 0 aromatic heterocycles. The number of benzene rings is 1. The molecule has 0 saturated carbocycles. The van der Waals surface area contributed by atoms with E-state index < -0.39 is 0 Å². The standard InChI is InChI=1S/C17H29NO/c1-13(2)11-15-7-6-8-16(12-15)17(18-4)10-9-14(3)19-5/h6-8,12-14,17-18H,9-11H2,1-5H3. The zero-order valence-electron chi connectivity index (χ0n) is 13.1. The first-order chi connectivity index (χ1) is 9.06. The highest BCUT2D eigenvalue weighted by Crippen LogP contribution is 2.21. The highest BCUT2D eigenvalue weighted by atomic mass is 16.5. The summed E-state index contributed by atoms with van der Waals surface area (Å²) in [4.78, 5) is 0. The molecule has 0 spiro atoms. The van der Waals surface area contributed by atoms with Crippen LogP contribution in [0.15, 0.2) is 24.3 Å². The van der Waals surface area contributed by atoms with Gasteiger partial charge >= 0.3 is 0 Å². The Morgan fingerprint density at radius 3 is 2.47 bits per heavy atom. The van der Waals surface area contributed by atoms with E-state index in [0.29, 0.717) is 18.1 Å². The molecule has 0 heterocycles. The van der Waals surface area contributed by atoms with Crippen molar-refractivity contribution in [1.29, 1.82) is 0 Å². The minimum absolute atomic E-state index is 0.328. The molecule has 0 aliphatic rings. The molecule has 2 nitrogen and oxygen atoms in total. The fourth-order valence-corrected chi connectivity index (χ4v) is 2.41.